The van der Waals surface area contributed by atoms with Crippen LogP contribution < -0.4 is 39.4 Å². The zero-order valence-electron chi connectivity index (χ0n) is 11.1. The quantitative estimate of drug-likeness (QED) is 0.598. The molecule has 0 aliphatic heterocycles. The molecule has 0 saturated carbocycles. The molecule has 0 aromatic heterocycles. The average Bonchev–Trinajstić information content (AvgIpc) is 2.28. The molecule has 1 aromatic carbocycles. The predicted octanol–water partition coefficient (Wildman–Crippen LogP) is -2.04. The Labute approximate surface area is 129 Å². The minimum absolute atomic E-state index is 0. The molecule has 0 bridgehead atoms. The van der Waals surface area contributed by atoms with Gasteiger partial charge in [-0.05, 0) is 38.8 Å². The fraction of sp³-hybridized carbons (Fsp3) is 0.462. The third kappa shape index (κ3) is 5.40. The van der Waals surface area contributed by atoms with E-state index in [1.807, 2.05) is 26.0 Å². The molecule has 0 aliphatic rings. The maximum absolute atomic E-state index is 10.4. The Morgan fingerprint density at radius 2 is 2.17 bits per heavy atom. The van der Waals surface area contributed by atoms with Crippen LogP contribution in [0.4, 0.5) is 0 Å². The molecule has 18 heavy (non-hydrogen) atoms. The number of carbonyl (C=O) groups is 1. The van der Waals surface area contributed by atoms with Crippen LogP contribution in [0, 0.1) is 6.92 Å². The summed E-state index contributed by atoms with van der Waals surface area (Å²) in [5.74, 6) is -0.557. The van der Waals surface area contributed by atoms with Gasteiger partial charge in [0.2, 0.25) is 0 Å². The predicted molar refractivity (Wildman–Crippen MR) is 61.5 cm³/mol. The van der Waals surface area contributed by atoms with E-state index in [-0.39, 0.29) is 42.4 Å². The van der Waals surface area contributed by atoms with Gasteiger partial charge in [-0.25, -0.2) is 0 Å². The molecule has 0 fully saturated rings. The van der Waals surface area contributed by atoms with Crippen molar-refractivity contribution in [3.63, 3.8) is 0 Å². The molecule has 1 N–H and O–H groups in total. The number of ether oxygens (including phenoxy) is 1. The Morgan fingerprint density at radius 3 is 2.72 bits per heavy atom. The first-order chi connectivity index (χ1) is 8.04. The second kappa shape index (κ2) is 8.53. The second-order valence-electron chi connectivity index (χ2n) is 3.90. The molecular weight excluding hydrogens is 243 g/mol. The number of hydrogen-bond donors (Lipinski definition) is 1. The van der Waals surface area contributed by atoms with Crippen molar-refractivity contribution in [3.8, 4) is 5.75 Å². The summed E-state index contributed by atoms with van der Waals surface area (Å²) in [5.41, 5.74) is 1.63. The SMILES string of the molecule is CCOc1ccc(C)cc1C(O)CCC(=O)[O-].[Na+]. The number of benzene rings is 1. The zero-order chi connectivity index (χ0) is 12.8. The Balaban J connectivity index is 0.00000289. The van der Waals surface area contributed by atoms with E-state index in [0.29, 0.717) is 17.9 Å². The molecule has 0 saturated heterocycles. The summed E-state index contributed by atoms with van der Waals surface area (Å²) < 4.78 is 5.40. The summed E-state index contributed by atoms with van der Waals surface area (Å²) in [6, 6.07) is 5.49. The van der Waals surface area contributed by atoms with Crippen molar-refractivity contribution in [2.24, 2.45) is 0 Å². The van der Waals surface area contributed by atoms with Gasteiger partial charge >= 0.3 is 29.6 Å². The van der Waals surface area contributed by atoms with Crippen LogP contribution in [-0.4, -0.2) is 17.7 Å². The molecule has 1 atom stereocenters. The van der Waals surface area contributed by atoms with E-state index in [1.165, 1.54) is 0 Å². The molecule has 0 radical (unpaired) electrons. The van der Waals surface area contributed by atoms with Crippen molar-refractivity contribution in [1.29, 1.82) is 0 Å². The van der Waals surface area contributed by atoms with Gasteiger partial charge in [0.05, 0.1) is 12.7 Å². The minimum atomic E-state index is -1.16. The van der Waals surface area contributed by atoms with Gasteiger partial charge in [-0.2, -0.15) is 0 Å². The van der Waals surface area contributed by atoms with Gasteiger partial charge < -0.3 is 19.7 Å². The largest absolute Gasteiger partial charge is 1.00 e. The van der Waals surface area contributed by atoms with Crippen molar-refractivity contribution in [3.05, 3.63) is 29.3 Å². The summed E-state index contributed by atoms with van der Waals surface area (Å²) in [5, 5.41) is 20.3. The molecular formula is C13H17NaO4. The molecule has 1 rings (SSSR count). The van der Waals surface area contributed by atoms with Gasteiger partial charge in [-0.1, -0.05) is 11.6 Å². The molecule has 4 nitrogen and oxygen atoms in total. The second-order valence-corrected chi connectivity index (χ2v) is 3.90. The van der Waals surface area contributed by atoms with Crippen LogP contribution in [0.3, 0.4) is 0 Å². The van der Waals surface area contributed by atoms with E-state index in [9.17, 15) is 15.0 Å². The average molecular weight is 260 g/mol. The summed E-state index contributed by atoms with van der Waals surface area (Å²) >= 11 is 0. The molecule has 1 aromatic rings. The molecule has 5 heteroatoms. The van der Waals surface area contributed by atoms with E-state index < -0.39 is 12.1 Å². The fourth-order valence-electron chi connectivity index (χ4n) is 1.63. The van der Waals surface area contributed by atoms with Crippen LogP contribution in [0.5, 0.6) is 5.75 Å². The van der Waals surface area contributed by atoms with Crippen LogP contribution in [0.25, 0.3) is 0 Å². The summed E-state index contributed by atoms with van der Waals surface area (Å²) in [7, 11) is 0. The Kier molecular flexibility index (Phi) is 8.27. The summed E-state index contributed by atoms with van der Waals surface area (Å²) in [4.78, 5) is 10.4. The van der Waals surface area contributed by atoms with Crippen LogP contribution in [0.2, 0.25) is 0 Å². The van der Waals surface area contributed by atoms with E-state index in [0.717, 1.165) is 5.56 Å². The molecule has 94 valence electrons. The Morgan fingerprint density at radius 1 is 1.50 bits per heavy atom. The monoisotopic (exact) mass is 260 g/mol. The Hall–Kier alpha value is -0.550. The maximum atomic E-state index is 10.4. The molecule has 0 amide bonds. The summed E-state index contributed by atoms with van der Waals surface area (Å²) in [6.07, 6.45) is -0.874. The maximum Gasteiger partial charge on any atom is 1.00 e. The number of hydrogen-bond acceptors (Lipinski definition) is 4. The Bertz CT molecular complexity index is 393. The van der Waals surface area contributed by atoms with Gasteiger partial charge in [0, 0.05) is 11.5 Å². The number of aliphatic hydroxyl groups excluding tert-OH is 1. The number of rotatable bonds is 6. The van der Waals surface area contributed by atoms with Gasteiger partial charge in [-0.3, -0.25) is 0 Å². The van der Waals surface area contributed by atoms with E-state index in [2.05, 4.69) is 0 Å². The van der Waals surface area contributed by atoms with Crippen molar-refractivity contribution in [1.82, 2.24) is 0 Å². The topological polar surface area (TPSA) is 69.6 Å². The fourth-order valence-corrected chi connectivity index (χ4v) is 1.63. The van der Waals surface area contributed by atoms with Crippen molar-refractivity contribution < 1.29 is 49.3 Å². The van der Waals surface area contributed by atoms with Gasteiger partial charge in [0.1, 0.15) is 5.75 Å². The van der Waals surface area contributed by atoms with Gasteiger partial charge in [0.15, 0.2) is 0 Å². The molecule has 0 heterocycles. The van der Waals surface area contributed by atoms with Crippen LogP contribution in [0.15, 0.2) is 18.2 Å². The van der Waals surface area contributed by atoms with Crippen LogP contribution in [-0.2, 0) is 4.79 Å². The number of carboxylic acid groups (broad SMARTS) is 1. The third-order valence-electron chi connectivity index (χ3n) is 2.45. The first-order valence-corrected chi connectivity index (χ1v) is 5.65. The number of aryl methyl sites for hydroxylation is 1. The number of aliphatic hydroxyl groups is 1. The number of aliphatic carboxylic acids is 1. The van der Waals surface area contributed by atoms with E-state index >= 15 is 0 Å². The molecule has 0 aliphatic carbocycles. The first kappa shape index (κ1) is 17.4. The minimum Gasteiger partial charge on any atom is -0.550 e. The smallest absolute Gasteiger partial charge is 0.550 e. The van der Waals surface area contributed by atoms with Crippen molar-refractivity contribution in [2.75, 3.05) is 6.61 Å². The van der Waals surface area contributed by atoms with E-state index in [4.69, 9.17) is 4.74 Å². The van der Waals surface area contributed by atoms with E-state index in [1.54, 1.807) is 6.07 Å². The number of carbonyl (C=O) groups excluding carboxylic acids is 1. The third-order valence-corrected chi connectivity index (χ3v) is 2.45. The van der Waals surface area contributed by atoms with Crippen molar-refractivity contribution >= 4 is 5.97 Å². The van der Waals surface area contributed by atoms with Crippen LogP contribution in [0.1, 0.15) is 37.0 Å². The van der Waals surface area contributed by atoms with Crippen molar-refractivity contribution in [2.45, 2.75) is 32.8 Å². The molecule has 0 spiro atoms. The summed E-state index contributed by atoms with van der Waals surface area (Å²) in [6.45, 7) is 4.27. The van der Waals surface area contributed by atoms with Gasteiger partial charge in [0.25, 0.3) is 0 Å². The van der Waals surface area contributed by atoms with Gasteiger partial charge in [-0.15, -0.1) is 0 Å². The first-order valence-electron chi connectivity index (χ1n) is 5.65. The van der Waals surface area contributed by atoms with Crippen LogP contribution >= 0.6 is 0 Å². The standard InChI is InChI=1S/C13H18O4.Na/c1-3-17-12-6-4-9(2)8-10(12)11(14)5-7-13(15)16;/h4,6,8,11,14H,3,5,7H2,1-2H3,(H,15,16);/q;+1/p-1. The number of carboxylic acids is 1. The molecule has 1 unspecified atom stereocenters. The zero-order valence-corrected chi connectivity index (χ0v) is 13.1. The normalized spacial score (nSPS) is 11.5.